The molecule has 1 aromatic carbocycles. The van der Waals surface area contributed by atoms with Gasteiger partial charge in [0, 0.05) is 29.6 Å². The van der Waals surface area contributed by atoms with Gasteiger partial charge in [-0.1, -0.05) is 42.6 Å². The molecular weight excluding hydrogens is 505 g/mol. The van der Waals surface area contributed by atoms with Gasteiger partial charge in [0.05, 0.1) is 24.6 Å². The zero-order chi connectivity index (χ0) is 27.3. The van der Waals surface area contributed by atoms with Crippen molar-refractivity contribution in [1.82, 2.24) is 20.6 Å². The molecule has 2 aromatic rings. The molecule has 1 fully saturated rings. The minimum absolute atomic E-state index is 0.0612. The van der Waals surface area contributed by atoms with Crippen molar-refractivity contribution in [3.63, 3.8) is 0 Å². The minimum Gasteiger partial charge on any atom is -0.375 e. The Morgan fingerprint density at radius 2 is 1.97 bits per heavy atom. The van der Waals surface area contributed by atoms with Gasteiger partial charge in [-0.3, -0.25) is 14.6 Å². The Morgan fingerprint density at radius 1 is 1.21 bits per heavy atom. The molecule has 38 heavy (non-hydrogen) atoms. The lowest BCUT2D eigenvalue weighted by atomic mass is 9.72. The number of carbonyl (C=O) groups is 2. The number of aryl methyl sites for hydroxylation is 1. The Kier molecular flexibility index (Phi) is 8.23. The summed E-state index contributed by atoms with van der Waals surface area (Å²) in [5.41, 5.74) is -1.30. The highest BCUT2D eigenvalue weighted by atomic mass is 32.2. The second-order valence-corrected chi connectivity index (χ2v) is 10.3. The first-order valence-corrected chi connectivity index (χ1v) is 13.2. The molecule has 0 bridgehead atoms. The second-order valence-electron chi connectivity index (χ2n) is 9.30. The van der Waals surface area contributed by atoms with Gasteiger partial charge < -0.3 is 15.4 Å². The molecule has 3 atom stereocenters. The highest BCUT2D eigenvalue weighted by molar-refractivity contribution is 8.14. The van der Waals surface area contributed by atoms with Gasteiger partial charge in [-0.15, -0.1) is 0 Å². The van der Waals surface area contributed by atoms with Crippen LogP contribution in [0.25, 0.3) is 0 Å². The molecule has 0 saturated carbocycles. The van der Waals surface area contributed by atoms with Crippen LogP contribution in [-0.4, -0.2) is 56.6 Å². The van der Waals surface area contributed by atoms with E-state index in [0.29, 0.717) is 22.5 Å². The van der Waals surface area contributed by atoms with Crippen LogP contribution in [-0.2, 0) is 4.74 Å². The number of rotatable bonds is 6. The summed E-state index contributed by atoms with van der Waals surface area (Å²) in [4.78, 5) is 38.5. The molecule has 0 radical (unpaired) electrons. The predicted molar refractivity (Wildman–Crippen MR) is 147 cm³/mol. The molecule has 4 rings (SSSR count). The molecule has 198 valence electrons. The fourth-order valence-corrected chi connectivity index (χ4v) is 5.47. The molecule has 2 N–H and O–H groups in total. The van der Waals surface area contributed by atoms with Crippen molar-refractivity contribution in [2.75, 3.05) is 12.4 Å². The maximum Gasteiger partial charge on any atom is 0.275 e. The Labute approximate surface area is 225 Å². The number of aromatic nitrogens is 2. The van der Waals surface area contributed by atoms with E-state index in [4.69, 9.17) is 9.73 Å². The van der Waals surface area contributed by atoms with E-state index in [1.54, 1.807) is 56.3 Å². The van der Waals surface area contributed by atoms with Crippen LogP contribution in [0.2, 0.25) is 0 Å². The van der Waals surface area contributed by atoms with Gasteiger partial charge in [0.25, 0.3) is 11.8 Å². The SMILES string of the molecule is C=C(/C=C(\C=C/C)NC(=O)c1cnc(C)cn1)[C@]12CO[C@@H](C)C[C@@]1(F)CSC(NC(=O)c1ccccc1)=N2. The number of fused-ring (bicyclic) bond motifs is 1. The van der Waals surface area contributed by atoms with E-state index >= 15 is 4.39 Å². The number of carbonyl (C=O) groups excluding carboxylic acids is 2. The monoisotopic (exact) mass is 535 g/mol. The van der Waals surface area contributed by atoms with E-state index in [9.17, 15) is 9.59 Å². The summed E-state index contributed by atoms with van der Waals surface area (Å²) >= 11 is 1.15. The summed E-state index contributed by atoms with van der Waals surface area (Å²) in [6.45, 7) is 9.50. The van der Waals surface area contributed by atoms with Gasteiger partial charge in [0.2, 0.25) is 0 Å². The van der Waals surface area contributed by atoms with Crippen LogP contribution >= 0.6 is 11.8 Å². The molecule has 8 nitrogen and oxygen atoms in total. The molecule has 2 aliphatic heterocycles. The number of ether oxygens (including phenoxy) is 1. The number of amidine groups is 1. The lowest BCUT2D eigenvalue weighted by Crippen LogP contribution is -2.63. The first-order chi connectivity index (χ1) is 18.2. The van der Waals surface area contributed by atoms with E-state index < -0.39 is 17.1 Å². The smallest absolute Gasteiger partial charge is 0.275 e. The summed E-state index contributed by atoms with van der Waals surface area (Å²) < 4.78 is 22.6. The summed E-state index contributed by atoms with van der Waals surface area (Å²) in [6, 6.07) is 8.73. The fraction of sp³-hybridized carbons (Fsp3) is 0.321. The van der Waals surface area contributed by atoms with E-state index in [1.165, 1.54) is 12.4 Å². The van der Waals surface area contributed by atoms with Crippen molar-refractivity contribution < 1.29 is 18.7 Å². The highest BCUT2D eigenvalue weighted by Crippen LogP contribution is 2.49. The van der Waals surface area contributed by atoms with Crippen molar-refractivity contribution >= 4 is 28.7 Å². The van der Waals surface area contributed by atoms with Crippen LogP contribution in [0.5, 0.6) is 0 Å². The standard InChI is InChI=1S/C28H30FN5O3S/c1-5-9-22(32-25(36)23-15-30-19(3)14-31-23)12-18(2)28-16-37-20(4)13-27(28,29)17-38-26(34-28)33-24(35)21-10-7-6-8-11-21/h5-12,14-15,20H,2,13,16-17H2,1,3-4H3,(H,32,36)(H,33,34,35)/b9-5-,22-12+/t20-,27+,28+/m0/s1. The fourth-order valence-electron chi connectivity index (χ4n) is 4.37. The Balaban J connectivity index is 1.66. The third-order valence-corrected chi connectivity index (χ3v) is 7.46. The molecule has 0 spiro atoms. The molecule has 3 heterocycles. The number of allylic oxidation sites excluding steroid dienone is 2. The zero-order valence-electron chi connectivity index (χ0n) is 21.5. The van der Waals surface area contributed by atoms with Crippen molar-refractivity contribution in [2.45, 2.75) is 44.5 Å². The number of hydrogen-bond donors (Lipinski definition) is 2. The molecule has 2 amide bonds. The molecule has 2 aliphatic rings. The predicted octanol–water partition coefficient (Wildman–Crippen LogP) is 4.32. The third-order valence-electron chi connectivity index (χ3n) is 6.39. The maximum absolute atomic E-state index is 16.7. The first kappa shape index (κ1) is 27.4. The number of aliphatic imine (C=N–C) groups is 1. The van der Waals surface area contributed by atoms with Gasteiger partial charge in [0.1, 0.15) is 11.2 Å². The number of alkyl halides is 1. The Bertz CT molecular complexity index is 1310. The number of benzene rings is 1. The quantitative estimate of drug-likeness (QED) is 0.534. The summed E-state index contributed by atoms with van der Waals surface area (Å²) in [7, 11) is 0. The van der Waals surface area contributed by atoms with E-state index in [-0.39, 0.29) is 41.7 Å². The van der Waals surface area contributed by atoms with E-state index in [1.807, 2.05) is 13.0 Å². The summed E-state index contributed by atoms with van der Waals surface area (Å²) in [5.74, 6) is -0.748. The molecule has 1 aromatic heterocycles. The van der Waals surface area contributed by atoms with Crippen LogP contribution in [0.15, 0.2) is 83.8 Å². The zero-order valence-corrected chi connectivity index (χ0v) is 22.3. The average molecular weight is 536 g/mol. The first-order valence-electron chi connectivity index (χ1n) is 12.2. The van der Waals surface area contributed by atoms with Crippen molar-refractivity contribution in [2.24, 2.45) is 4.99 Å². The van der Waals surface area contributed by atoms with Crippen LogP contribution in [0, 0.1) is 6.92 Å². The van der Waals surface area contributed by atoms with Crippen molar-refractivity contribution in [1.29, 1.82) is 0 Å². The lowest BCUT2D eigenvalue weighted by Gasteiger charge is -2.50. The number of nitrogens with one attached hydrogen (secondary N) is 2. The number of hydrogen-bond acceptors (Lipinski definition) is 7. The second kappa shape index (κ2) is 11.4. The number of halogens is 1. The number of nitrogens with zero attached hydrogens (tertiary/aromatic N) is 3. The lowest BCUT2D eigenvalue weighted by molar-refractivity contribution is -0.0885. The normalized spacial score (nSPS) is 25.3. The largest absolute Gasteiger partial charge is 0.375 e. The summed E-state index contributed by atoms with van der Waals surface area (Å²) in [5, 5.41) is 5.88. The van der Waals surface area contributed by atoms with Gasteiger partial charge in [-0.2, -0.15) is 0 Å². The minimum atomic E-state index is -1.78. The van der Waals surface area contributed by atoms with Crippen molar-refractivity contribution in [3.05, 3.63) is 95.8 Å². The molecule has 1 saturated heterocycles. The Morgan fingerprint density at radius 3 is 2.66 bits per heavy atom. The van der Waals surface area contributed by atoms with Crippen LogP contribution < -0.4 is 10.6 Å². The summed E-state index contributed by atoms with van der Waals surface area (Å²) in [6.07, 6.45) is 7.70. The van der Waals surface area contributed by atoms with Gasteiger partial charge in [-0.05, 0) is 50.6 Å². The van der Waals surface area contributed by atoms with Crippen LogP contribution in [0.4, 0.5) is 4.39 Å². The van der Waals surface area contributed by atoms with Gasteiger partial charge >= 0.3 is 0 Å². The van der Waals surface area contributed by atoms with E-state index in [2.05, 4.69) is 27.2 Å². The number of amides is 2. The molecule has 0 unspecified atom stereocenters. The molecule has 10 heteroatoms. The molecular formula is C28H30FN5O3S. The maximum atomic E-state index is 16.7. The number of thioether (sulfide) groups is 1. The van der Waals surface area contributed by atoms with Crippen molar-refractivity contribution in [3.8, 4) is 0 Å². The van der Waals surface area contributed by atoms with Gasteiger partial charge in [-0.25, -0.2) is 14.4 Å². The van der Waals surface area contributed by atoms with E-state index in [0.717, 1.165) is 11.8 Å². The highest BCUT2D eigenvalue weighted by Gasteiger charge is 2.59. The Hall–Kier alpha value is -3.63. The van der Waals surface area contributed by atoms with Crippen LogP contribution in [0.1, 0.15) is 46.8 Å². The van der Waals surface area contributed by atoms with Crippen LogP contribution in [0.3, 0.4) is 0 Å². The van der Waals surface area contributed by atoms with Gasteiger partial charge in [0.15, 0.2) is 10.8 Å². The molecule has 0 aliphatic carbocycles. The third kappa shape index (κ3) is 5.76. The topological polar surface area (TPSA) is 106 Å². The average Bonchev–Trinajstić information content (AvgIpc) is 2.89.